The molecule has 0 aliphatic carbocycles. The number of hydrogen-bond donors (Lipinski definition) is 1. The van der Waals surface area contributed by atoms with E-state index in [1.54, 1.807) is 0 Å². The number of rotatable bonds is 4. The lowest BCUT2D eigenvalue weighted by molar-refractivity contribution is 0.0215. The Bertz CT molecular complexity index is 375. The summed E-state index contributed by atoms with van der Waals surface area (Å²) < 4.78 is 5.77. The van der Waals surface area contributed by atoms with E-state index in [0.29, 0.717) is 6.10 Å². The lowest BCUT2D eigenvalue weighted by Gasteiger charge is -2.29. The Hall–Kier alpha value is -1.13. The van der Waals surface area contributed by atoms with Gasteiger partial charge in [-0.15, -0.1) is 0 Å². The molecular formula is C14H23N3O. The van der Waals surface area contributed by atoms with Crippen molar-refractivity contribution in [2.75, 3.05) is 25.1 Å². The highest BCUT2D eigenvalue weighted by Gasteiger charge is 2.18. The summed E-state index contributed by atoms with van der Waals surface area (Å²) in [7, 11) is 2.06. The van der Waals surface area contributed by atoms with E-state index >= 15 is 0 Å². The first kappa shape index (κ1) is 13.3. The molecule has 2 heterocycles. The fourth-order valence-electron chi connectivity index (χ4n) is 2.43. The first-order valence-corrected chi connectivity index (χ1v) is 6.71. The SMILES string of the molecule is C[C@H](N)c1cccnc1N(C)CC1CCCCO1. The minimum Gasteiger partial charge on any atom is -0.376 e. The molecular weight excluding hydrogens is 226 g/mol. The number of aromatic nitrogens is 1. The fraction of sp³-hybridized carbons (Fsp3) is 0.643. The van der Waals surface area contributed by atoms with Gasteiger partial charge in [-0.2, -0.15) is 0 Å². The maximum atomic E-state index is 5.99. The van der Waals surface area contributed by atoms with Crippen LogP contribution in [0.4, 0.5) is 5.82 Å². The van der Waals surface area contributed by atoms with Crippen LogP contribution in [0.2, 0.25) is 0 Å². The van der Waals surface area contributed by atoms with Crippen LogP contribution in [0.1, 0.15) is 37.8 Å². The van der Waals surface area contributed by atoms with Gasteiger partial charge < -0.3 is 15.4 Å². The van der Waals surface area contributed by atoms with E-state index in [0.717, 1.165) is 31.0 Å². The van der Waals surface area contributed by atoms with Gasteiger partial charge in [-0.05, 0) is 32.3 Å². The molecule has 0 bridgehead atoms. The average molecular weight is 249 g/mol. The largest absolute Gasteiger partial charge is 0.376 e. The van der Waals surface area contributed by atoms with E-state index in [1.807, 2.05) is 25.3 Å². The van der Waals surface area contributed by atoms with Crippen LogP contribution < -0.4 is 10.6 Å². The topological polar surface area (TPSA) is 51.4 Å². The fourth-order valence-corrected chi connectivity index (χ4v) is 2.43. The van der Waals surface area contributed by atoms with Gasteiger partial charge in [0.05, 0.1) is 6.10 Å². The summed E-state index contributed by atoms with van der Waals surface area (Å²) in [6.07, 6.45) is 5.74. The number of ether oxygens (including phenoxy) is 1. The highest BCUT2D eigenvalue weighted by atomic mass is 16.5. The molecule has 100 valence electrons. The summed E-state index contributed by atoms with van der Waals surface area (Å²) in [5.41, 5.74) is 7.08. The predicted octanol–water partition coefficient (Wildman–Crippen LogP) is 2.11. The molecule has 1 aromatic rings. The van der Waals surface area contributed by atoms with Gasteiger partial charge in [0.1, 0.15) is 5.82 Å². The molecule has 2 rings (SSSR count). The summed E-state index contributed by atoms with van der Waals surface area (Å²) in [6.45, 7) is 3.77. The Balaban J connectivity index is 2.05. The predicted molar refractivity (Wildman–Crippen MR) is 73.7 cm³/mol. The smallest absolute Gasteiger partial charge is 0.133 e. The van der Waals surface area contributed by atoms with Crippen LogP contribution >= 0.6 is 0 Å². The Morgan fingerprint density at radius 1 is 1.56 bits per heavy atom. The summed E-state index contributed by atoms with van der Waals surface area (Å²) in [5.74, 6) is 0.974. The van der Waals surface area contributed by atoms with Crippen molar-refractivity contribution in [2.24, 2.45) is 5.73 Å². The zero-order valence-corrected chi connectivity index (χ0v) is 11.3. The molecule has 1 aliphatic rings. The standard InChI is InChI=1S/C14H23N3O/c1-11(15)13-7-5-8-16-14(13)17(2)10-12-6-3-4-9-18-12/h5,7-8,11-12H,3-4,6,9-10,15H2,1-2H3/t11-,12?/m0/s1. The third kappa shape index (κ3) is 3.21. The van der Waals surface area contributed by atoms with Gasteiger partial charge in [0.2, 0.25) is 0 Å². The number of likely N-dealkylation sites (N-methyl/N-ethyl adjacent to an activating group) is 1. The normalized spacial score (nSPS) is 21.6. The van der Waals surface area contributed by atoms with Gasteiger partial charge in [0.25, 0.3) is 0 Å². The van der Waals surface area contributed by atoms with Crippen LogP contribution in [-0.2, 0) is 4.74 Å². The van der Waals surface area contributed by atoms with Gasteiger partial charge in [-0.1, -0.05) is 6.07 Å². The van der Waals surface area contributed by atoms with Crippen LogP contribution in [0.3, 0.4) is 0 Å². The minimum atomic E-state index is 0.00317. The molecule has 0 aromatic carbocycles. The first-order chi connectivity index (χ1) is 8.68. The van der Waals surface area contributed by atoms with Gasteiger partial charge in [-0.3, -0.25) is 0 Å². The quantitative estimate of drug-likeness (QED) is 0.888. The van der Waals surface area contributed by atoms with E-state index < -0.39 is 0 Å². The Morgan fingerprint density at radius 3 is 3.06 bits per heavy atom. The average Bonchev–Trinajstić information content (AvgIpc) is 2.40. The summed E-state index contributed by atoms with van der Waals surface area (Å²) >= 11 is 0. The number of nitrogens with zero attached hydrogens (tertiary/aromatic N) is 2. The molecule has 4 nitrogen and oxygen atoms in total. The van der Waals surface area contributed by atoms with Crippen molar-refractivity contribution in [3.8, 4) is 0 Å². The Morgan fingerprint density at radius 2 is 2.39 bits per heavy atom. The van der Waals surface area contributed by atoms with Gasteiger partial charge >= 0.3 is 0 Å². The molecule has 1 saturated heterocycles. The second-order valence-corrected chi connectivity index (χ2v) is 5.07. The molecule has 0 spiro atoms. The number of pyridine rings is 1. The highest BCUT2D eigenvalue weighted by Crippen LogP contribution is 2.23. The van der Waals surface area contributed by atoms with Crippen LogP contribution in [0.25, 0.3) is 0 Å². The van der Waals surface area contributed by atoms with E-state index in [4.69, 9.17) is 10.5 Å². The zero-order valence-electron chi connectivity index (χ0n) is 11.3. The zero-order chi connectivity index (χ0) is 13.0. The number of anilines is 1. The lowest BCUT2D eigenvalue weighted by Crippen LogP contribution is -2.34. The monoisotopic (exact) mass is 249 g/mol. The number of nitrogens with two attached hydrogens (primary N) is 1. The van der Waals surface area contributed by atoms with Crippen LogP contribution in [0, 0.1) is 0 Å². The van der Waals surface area contributed by atoms with Gasteiger partial charge in [-0.25, -0.2) is 4.98 Å². The molecule has 2 N–H and O–H groups in total. The van der Waals surface area contributed by atoms with Crippen molar-refractivity contribution < 1.29 is 4.74 Å². The second kappa shape index (κ2) is 6.16. The first-order valence-electron chi connectivity index (χ1n) is 6.71. The van der Waals surface area contributed by atoms with Crippen molar-refractivity contribution >= 4 is 5.82 Å². The molecule has 0 radical (unpaired) electrons. The van der Waals surface area contributed by atoms with Crippen LogP contribution in [-0.4, -0.2) is 31.3 Å². The van der Waals surface area contributed by atoms with E-state index in [9.17, 15) is 0 Å². The molecule has 4 heteroatoms. The third-order valence-electron chi connectivity index (χ3n) is 3.42. The van der Waals surface area contributed by atoms with E-state index in [2.05, 4.69) is 16.9 Å². The Kier molecular flexibility index (Phi) is 4.55. The van der Waals surface area contributed by atoms with Crippen LogP contribution in [0.15, 0.2) is 18.3 Å². The molecule has 1 aliphatic heterocycles. The van der Waals surface area contributed by atoms with Gasteiger partial charge in [0.15, 0.2) is 0 Å². The highest BCUT2D eigenvalue weighted by molar-refractivity contribution is 5.47. The summed E-state index contributed by atoms with van der Waals surface area (Å²) in [5, 5.41) is 0. The number of hydrogen-bond acceptors (Lipinski definition) is 4. The maximum Gasteiger partial charge on any atom is 0.133 e. The van der Waals surface area contributed by atoms with Gasteiger partial charge in [0, 0.05) is 38.0 Å². The molecule has 0 saturated carbocycles. The van der Waals surface area contributed by atoms with E-state index in [1.165, 1.54) is 12.8 Å². The van der Waals surface area contributed by atoms with Crippen molar-refractivity contribution in [2.45, 2.75) is 38.3 Å². The molecule has 1 aromatic heterocycles. The maximum absolute atomic E-state index is 5.99. The molecule has 1 unspecified atom stereocenters. The van der Waals surface area contributed by atoms with Crippen molar-refractivity contribution in [1.29, 1.82) is 0 Å². The van der Waals surface area contributed by atoms with E-state index in [-0.39, 0.29) is 6.04 Å². The molecule has 18 heavy (non-hydrogen) atoms. The lowest BCUT2D eigenvalue weighted by atomic mass is 10.1. The molecule has 0 amide bonds. The summed E-state index contributed by atoms with van der Waals surface area (Å²) in [4.78, 5) is 6.62. The minimum absolute atomic E-state index is 0.00317. The summed E-state index contributed by atoms with van der Waals surface area (Å²) in [6, 6.07) is 3.99. The van der Waals surface area contributed by atoms with Crippen molar-refractivity contribution in [3.63, 3.8) is 0 Å². The second-order valence-electron chi connectivity index (χ2n) is 5.07. The molecule has 2 atom stereocenters. The van der Waals surface area contributed by atoms with Crippen molar-refractivity contribution in [1.82, 2.24) is 4.98 Å². The molecule has 1 fully saturated rings. The Labute approximate surface area is 109 Å². The van der Waals surface area contributed by atoms with Crippen LogP contribution in [0.5, 0.6) is 0 Å². The van der Waals surface area contributed by atoms with Crippen molar-refractivity contribution in [3.05, 3.63) is 23.9 Å². The third-order valence-corrected chi connectivity index (χ3v) is 3.42.